The van der Waals surface area contributed by atoms with Crippen LogP contribution in [0.25, 0.3) is 0 Å². The van der Waals surface area contributed by atoms with Crippen LogP contribution < -0.4 is 10.6 Å². The van der Waals surface area contributed by atoms with E-state index >= 15 is 0 Å². The Morgan fingerprint density at radius 2 is 1.56 bits per heavy atom. The Hall–Kier alpha value is -2.28. The molecule has 0 unspecified atom stereocenters. The second-order valence-corrected chi connectivity index (χ2v) is 6.64. The van der Waals surface area contributed by atoms with Crippen molar-refractivity contribution in [2.24, 2.45) is 0 Å². The number of hydrogen-bond acceptors (Lipinski definition) is 4. The van der Waals surface area contributed by atoms with Crippen LogP contribution in [0.3, 0.4) is 0 Å². The Bertz CT molecular complexity index is 821. The summed E-state index contributed by atoms with van der Waals surface area (Å²) in [6.45, 7) is -0.899. The molecule has 0 radical (unpaired) electrons. The van der Waals surface area contributed by atoms with Crippen LogP contribution in [0.5, 0.6) is 0 Å². The van der Waals surface area contributed by atoms with Crippen molar-refractivity contribution in [3.63, 3.8) is 0 Å². The van der Waals surface area contributed by atoms with Gasteiger partial charge in [0.25, 0.3) is 5.91 Å². The minimum Gasteiger partial charge on any atom is -0.454 e. The first kappa shape index (κ1) is 21.0. The zero-order valence-corrected chi connectivity index (χ0v) is 16.2. The third-order valence-electron chi connectivity index (χ3n) is 3.27. The van der Waals surface area contributed by atoms with Gasteiger partial charge in [0.15, 0.2) is 6.61 Å². The van der Waals surface area contributed by atoms with Crippen molar-refractivity contribution >= 4 is 58.3 Å². The number of amides is 2. The number of carbonyl (C=O) groups is 3. The van der Waals surface area contributed by atoms with E-state index in [-0.39, 0.29) is 34.6 Å². The standard InChI is InChI=1S/C18H15Cl3N2O4/c19-12-7-13(20)18(14(21)8-12)23-16(25)10-27-17(26)9-22-15(24)6-11-4-2-1-3-5-11/h1-5,7-8H,6,9-10H2,(H,22,24)(H,23,25). The number of anilines is 1. The fourth-order valence-electron chi connectivity index (χ4n) is 2.05. The minimum atomic E-state index is -0.750. The number of nitrogens with one attached hydrogen (secondary N) is 2. The quantitative estimate of drug-likeness (QED) is 0.660. The van der Waals surface area contributed by atoms with Crippen molar-refractivity contribution in [1.82, 2.24) is 5.32 Å². The Morgan fingerprint density at radius 1 is 0.926 bits per heavy atom. The van der Waals surface area contributed by atoms with Gasteiger partial charge in [-0.25, -0.2) is 0 Å². The van der Waals surface area contributed by atoms with Crippen LogP contribution in [0.1, 0.15) is 5.56 Å². The second kappa shape index (κ2) is 10.2. The largest absolute Gasteiger partial charge is 0.454 e. The molecule has 142 valence electrons. The summed E-state index contributed by atoms with van der Waals surface area (Å²) >= 11 is 17.7. The van der Waals surface area contributed by atoms with Crippen molar-refractivity contribution in [3.8, 4) is 0 Å². The SMILES string of the molecule is O=C(Cc1ccccc1)NCC(=O)OCC(=O)Nc1c(Cl)cc(Cl)cc1Cl. The second-order valence-electron chi connectivity index (χ2n) is 5.39. The zero-order chi connectivity index (χ0) is 19.8. The molecule has 0 saturated heterocycles. The molecule has 2 amide bonds. The number of carbonyl (C=O) groups excluding carboxylic acids is 3. The van der Waals surface area contributed by atoms with Gasteiger partial charge in [0.05, 0.1) is 22.2 Å². The van der Waals surface area contributed by atoms with Gasteiger partial charge in [0.2, 0.25) is 5.91 Å². The van der Waals surface area contributed by atoms with Gasteiger partial charge in [-0.1, -0.05) is 65.1 Å². The number of halogens is 3. The molecule has 0 aliphatic carbocycles. The van der Waals surface area contributed by atoms with Crippen molar-refractivity contribution in [1.29, 1.82) is 0 Å². The Morgan fingerprint density at radius 3 is 2.19 bits per heavy atom. The van der Waals surface area contributed by atoms with Crippen molar-refractivity contribution in [2.75, 3.05) is 18.5 Å². The van der Waals surface area contributed by atoms with E-state index in [0.717, 1.165) is 5.56 Å². The molecule has 0 atom stereocenters. The molecular weight excluding hydrogens is 415 g/mol. The normalized spacial score (nSPS) is 10.2. The summed E-state index contributed by atoms with van der Waals surface area (Å²) in [4.78, 5) is 35.3. The first-order valence-corrected chi connectivity index (χ1v) is 8.89. The van der Waals surface area contributed by atoms with E-state index in [9.17, 15) is 14.4 Å². The summed E-state index contributed by atoms with van der Waals surface area (Å²) in [6.07, 6.45) is 0.141. The molecule has 6 nitrogen and oxygen atoms in total. The van der Waals surface area contributed by atoms with E-state index < -0.39 is 18.5 Å². The summed E-state index contributed by atoms with van der Waals surface area (Å²) in [5.74, 6) is -1.72. The van der Waals surface area contributed by atoms with Gasteiger partial charge in [-0.2, -0.15) is 0 Å². The number of rotatable bonds is 7. The molecule has 27 heavy (non-hydrogen) atoms. The third-order valence-corrected chi connectivity index (χ3v) is 4.09. The number of hydrogen-bond donors (Lipinski definition) is 2. The number of benzene rings is 2. The van der Waals surface area contributed by atoms with Gasteiger partial charge in [-0.15, -0.1) is 0 Å². The number of ether oxygens (including phenoxy) is 1. The third kappa shape index (κ3) is 7.09. The van der Waals surface area contributed by atoms with E-state index in [1.165, 1.54) is 12.1 Å². The molecule has 2 aromatic rings. The van der Waals surface area contributed by atoms with E-state index in [4.69, 9.17) is 39.5 Å². The molecule has 0 fully saturated rings. The molecule has 2 aromatic carbocycles. The zero-order valence-electron chi connectivity index (χ0n) is 13.9. The van der Waals surface area contributed by atoms with Crippen LogP contribution in [0.2, 0.25) is 15.1 Å². The van der Waals surface area contributed by atoms with Crippen molar-refractivity contribution in [3.05, 3.63) is 63.1 Å². The van der Waals surface area contributed by atoms with E-state index in [0.29, 0.717) is 5.02 Å². The summed E-state index contributed by atoms with van der Waals surface area (Å²) in [7, 11) is 0. The van der Waals surface area contributed by atoms with E-state index in [2.05, 4.69) is 10.6 Å². The first-order chi connectivity index (χ1) is 12.8. The average molecular weight is 430 g/mol. The maximum atomic E-state index is 11.9. The highest BCUT2D eigenvalue weighted by molar-refractivity contribution is 6.42. The van der Waals surface area contributed by atoms with Crippen molar-refractivity contribution in [2.45, 2.75) is 6.42 Å². The van der Waals surface area contributed by atoms with Gasteiger partial charge in [0, 0.05) is 5.02 Å². The Labute approximate surface area is 170 Å². The maximum absolute atomic E-state index is 11.9. The lowest BCUT2D eigenvalue weighted by Crippen LogP contribution is -2.33. The molecule has 0 aromatic heterocycles. The summed E-state index contributed by atoms with van der Waals surface area (Å²) in [5.41, 5.74) is 0.986. The molecule has 2 rings (SSSR count). The highest BCUT2D eigenvalue weighted by Crippen LogP contribution is 2.33. The van der Waals surface area contributed by atoms with Gasteiger partial charge in [0.1, 0.15) is 6.54 Å². The fourth-order valence-corrected chi connectivity index (χ4v) is 2.96. The van der Waals surface area contributed by atoms with Crippen LogP contribution in [0.15, 0.2) is 42.5 Å². The van der Waals surface area contributed by atoms with E-state index in [1.807, 2.05) is 18.2 Å². The highest BCUT2D eigenvalue weighted by atomic mass is 35.5. The maximum Gasteiger partial charge on any atom is 0.325 e. The molecule has 0 saturated carbocycles. The smallest absolute Gasteiger partial charge is 0.325 e. The lowest BCUT2D eigenvalue weighted by atomic mass is 10.1. The van der Waals surface area contributed by atoms with Crippen LogP contribution in [0.4, 0.5) is 5.69 Å². The fraction of sp³-hybridized carbons (Fsp3) is 0.167. The van der Waals surface area contributed by atoms with Crippen LogP contribution in [-0.4, -0.2) is 30.9 Å². The summed E-state index contributed by atoms with van der Waals surface area (Å²) in [5, 5.41) is 5.49. The summed E-state index contributed by atoms with van der Waals surface area (Å²) < 4.78 is 4.80. The monoisotopic (exact) mass is 428 g/mol. The first-order valence-electron chi connectivity index (χ1n) is 7.76. The Kier molecular flexibility index (Phi) is 7.91. The van der Waals surface area contributed by atoms with Crippen molar-refractivity contribution < 1.29 is 19.1 Å². The molecule has 0 aliphatic heterocycles. The van der Waals surface area contributed by atoms with Crippen LogP contribution >= 0.6 is 34.8 Å². The Balaban J connectivity index is 1.73. The molecule has 0 aliphatic rings. The van der Waals surface area contributed by atoms with Gasteiger partial charge in [-0.05, 0) is 17.7 Å². The molecular formula is C18H15Cl3N2O4. The molecule has 0 bridgehead atoms. The van der Waals surface area contributed by atoms with Gasteiger partial charge in [-0.3, -0.25) is 14.4 Å². The lowest BCUT2D eigenvalue weighted by molar-refractivity contribution is -0.147. The van der Waals surface area contributed by atoms with Gasteiger partial charge >= 0.3 is 5.97 Å². The molecule has 2 N–H and O–H groups in total. The topological polar surface area (TPSA) is 84.5 Å². The van der Waals surface area contributed by atoms with Gasteiger partial charge < -0.3 is 15.4 Å². The lowest BCUT2D eigenvalue weighted by Gasteiger charge is -2.10. The summed E-state index contributed by atoms with van der Waals surface area (Å²) in [6, 6.07) is 11.9. The predicted molar refractivity (Wildman–Crippen MR) is 104 cm³/mol. The highest BCUT2D eigenvalue weighted by Gasteiger charge is 2.14. The predicted octanol–water partition coefficient (Wildman–Crippen LogP) is 3.49. The number of esters is 1. The minimum absolute atomic E-state index is 0.141. The van der Waals surface area contributed by atoms with E-state index in [1.54, 1.807) is 12.1 Å². The van der Waals surface area contributed by atoms with Crippen LogP contribution in [0, 0.1) is 0 Å². The molecule has 0 spiro atoms. The molecule has 0 heterocycles. The van der Waals surface area contributed by atoms with Crippen LogP contribution in [-0.2, 0) is 25.5 Å². The molecule has 9 heteroatoms. The average Bonchev–Trinajstić information content (AvgIpc) is 2.62.